The molecule has 0 unspecified atom stereocenters. The number of ether oxygens (including phenoxy) is 3. The predicted octanol–water partition coefficient (Wildman–Crippen LogP) is 2.66. The van der Waals surface area contributed by atoms with Gasteiger partial charge in [-0.2, -0.15) is 0 Å². The van der Waals surface area contributed by atoms with Crippen molar-refractivity contribution in [2.75, 3.05) is 53.3 Å². The van der Waals surface area contributed by atoms with Crippen LogP contribution in [0, 0.1) is 5.92 Å². The van der Waals surface area contributed by atoms with Crippen molar-refractivity contribution < 1.29 is 28.6 Å². The zero-order valence-corrected chi connectivity index (χ0v) is 20.0. The highest BCUT2D eigenvalue weighted by Crippen LogP contribution is 2.34. The average molecular weight is 470 g/mol. The van der Waals surface area contributed by atoms with E-state index in [1.807, 2.05) is 18.2 Å². The maximum Gasteiger partial charge on any atom is 0.260 e. The number of amides is 3. The molecule has 0 atom stereocenters. The van der Waals surface area contributed by atoms with E-state index in [4.69, 9.17) is 14.2 Å². The van der Waals surface area contributed by atoms with Crippen molar-refractivity contribution >= 4 is 23.4 Å². The first-order valence-corrected chi connectivity index (χ1v) is 11.1. The first-order chi connectivity index (χ1) is 16.3. The van der Waals surface area contributed by atoms with Gasteiger partial charge in [-0.05, 0) is 31.0 Å². The molecular formula is C25H31N3O6. The Labute approximate surface area is 199 Å². The number of likely N-dealkylation sites (tertiary alicyclic amines) is 1. The van der Waals surface area contributed by atoms with Crippen molar-refractivity contribution in [3.05, 3.63) is 48.0 Å². The smallest absolute Gasteiger partial charge is 0.260 e. The van der Waals surface area contributed by atoms with Crippen LogP contribution in [0.3, 0.4) is 0 Å². The van der Waals surface area contributed by atoms with Crippen LogP contribution < -0.4 is 19.5 Å². The second kappa shape index (κ2) is 11.4. The molecular weight excluding hydrogens is 438 g/mol. The van der Waals surface area contributed by atoms with E-state index in [1.54, 1.807) is 43.3 Å². The molecule has 0 bridgehead atoms. The second-order valence-corrected chi connectivity index (χ2v) is 8.20. The number of carbonyl (C=O) groups excluding carboxylic acids is 3. The molecule has 9 heteroatoms. The summed E-state index contributed by atoms with van der Waals surface area (Å²) in [7, 11) is 6.25. The van der Waals surface area contributed by atoms with Crippen LogP contribution in [-0.4, -0.2) is 75.5 Å². The molecule has 182 valence electrons. The Kier molecular flexibility index (Phi) is 8.34. The maximum absolute atomic E-state index is 13.0. The molecule has 1 aliphatic heterocycles. The quantitative estimate of drug-likeness (QED) is 0.639. The van der Waals surface area contributed by atoms with Crippen LogP contribution in [0.15, 0.2) is 42.5 Å². The van der Waals surface area contributed by atoms with Crippen LogP contribution in [0.4, 0.5) is 5.69 Å². The van der Waals surface area contributed by atoms with Crippen molar-refractivity contribution in [3.8, 4) is 17.2 Å². The lowest BCUT2D eigenvalue weighted by atomic mass is 9.95. The molecule has 9 nitrogen and oxygen atoms in total. The molecule has 0 saturated carbocycles. The number of piperidine rings is 1. The SMILES string of the molecule is COc1cc(NC(=O)C2CCN(C(=O)COc3ccccc3)CC2)c(C(=O)N(C)C)cc1OC. The molecule has 2 aromatic carbocycles. The summed E-state index contributed by atoms with van der Waals surface area (Å²) >= 11 is 0. The summed E-state index contributed by atoms with van der Waals surface area (Å²) in [6, 6.07) is 12.3. The first kappa shape index (κ1) is 24.9. The molecule has 0 spiro atoms. The Morgan fingerprint density at radius 3 is 2.21 bits per heavy atom. The van der Waals surface area contributed by atoms with Crippen LogP contribution in [0.25, 0.3) is 0 Å². The number of hydrogen-bond acceptors (Lipinski definition) is 6. The number of hydrogen-bond donors (Lipinski definition) is 1. The largest absolute Gasteiger partial charge is 0.493 e. The van der Waals surface area contributed by atoms with E-state index in [1.165, 1.54) is 19.1 Å². The van der Waals surface area contributed by atoms with Gasteiger partial charge in [0.2, 0.25) is 5.91 Å². The summed E-state index contributed by atoms with van der Waals surface area (Å²) in [5, 5.41) is 2.88. The van der Waals surface area contributed by atoms with Gasteiger partial charge in [0, 0.05) is 39.2 Å². The third-order valence-electron chi connectivity index (χ3n) is 5.74. The Hall–Kier alpha value is -3.75. The standard InChI is InChI=1S/C25H31N3O6/c1-27(2)25(31)19-14-21(32-3)22(33-4)15-20(19)26-24(30)17-10-12-28(13-11-17)23(29)16-34-18-8-6-5-7-9-18/h5-9,14-15,17H,10-13,16H2,1-4H3,(H,26,30). The average Bonchev–Trinajstić information content (AvgIpc) is 2.87. The van der Waals surface area contributed by atoms with Crippen LogP contribution >= 0.6 is 0 Å². The number of nitrogens with one attached hydrogen (secondary N) is 1. The van der Waals surface area contributed by atoms with Crippen LogP contribution in [0.5, 0.6) is 17.2 Å². The molecule has 0 aliphatic carbocycles. The summed E-state index contributed by atoms with van der Waals surface area (Å²) in [4.78, 5) is 41.3. The summed E-state index contributed by atoms with van der Waals surface area (Å²) in [5.41, 5.74) is 0.665. The summed E-state index contributed by atoms with van der Waals surface area (Å²) in [6.07, 6.45) is 1.04. The summed E-state index contributed by atoms with van der Waals surface area (Å²) < 4.78 is 16.2. The van der Waals surface area contributed by atoms with E-state index in [0.717, 1.165) is 0 Å². The molecule has 3 amide bonds. The molecule has 2 aromatic rings. The van der Waals surface area contributed by atoms with Gasteiger partial charge in [0.25, 0.3) is 11.8 Å². The lowest BCUT2D eigenvalue weighted by molar-refractivity contribution is -0.136. The summed E-state index contributed by atoms with van der Waals surface area (Å²) in [5.74, 6) is 0.587. The van der Waals surface area contributed by atoms with E-state index in [2.05, 4.69) is 5.32 Å². The van der Waals surface area contributed by atoms with Crippen molar-refractivity contribution in [1.82, 2.24) is 9.80 Å². The number of carbonyl (C=O) groups is 3. The van der Waals surface area contributed by atoms with Gasteiger partial charge in [0.15, 0.2) is 18.1 Å². The Balaban J connectivity index is 1.62. The van der Waals surface area contributed by atoms with E-state index in [9.17, 15) is 14.4 Å². The fourth-order valence-corrected chi connectivity index (χ4v) is 3.78. The highest BCUT2D eigenvalue weighted by Gasteiger charge is 2.29. The lowest BCUT2D eigenvalue weighted by Crippen LogP contribution is -2.43. The number of benzene rings is 2. The van der Waals surface area contributed by atoms with E-state index in [0.29, 0.717) is 54.4 Å². The zero-order valence-electron chi connectivity index (χ0n) is 20.0. The van der Waals surface area contributed by atoms with Crippen LogP contribution in [0.2, 0.25) is 0 Å². The van der Waals surface area contributed by atoms with Crippen molar-refractivity contribution in [2.24, 2.45) is 5.92 Å². The van der Waals surface area contributed by atoms with Gasteiger partial charge < -0.3 is 29.3 Å². The number of methoxy groups -OCH3 is 2. The molecule has 1 saturated heterocycles. The highest BCUT2D eigenvalue weighted by atomic mass is 16.5. The molecule has 0 radical (unpaired) electrons. The van der Waals surface area contributed by atoms with E-state index in [-0.39, 0.29) is 30.2 Å². The highest BCUT2D eigenvalue weighted by molar-refractivity contribution is 6.05. The zero-order chi connectivity index (χ0) is 24.7. The van der Waals surface area contributed by atoms with Crippen molar-refractivity contribution in [1.29, 1.82) is 0 Å². The Morgan fingerprint density at radius 1 is 1.00 bits per heavy atom. The second-order valence-electron chi connectivity index (χ2n) is 8.20. The van der Waals surface area contributed by atoms with Crippen LogP contribution in [0.1, 0.15) is 23.2 Å². The normalized spacial score (nSPS) is 13.7. The van der Waals surface area contributed by atoms with Crippen LogP contribution in [-0.2, 0) is 9.59 Å². The lowest BCUT2D eigenvalue weighted by Gasteiger charge is -2.31. The molecule has 34 heavy (non-hydrogen) atoms. The number of para-hydroxylation sites is 1. The molecule has 1 fully saturated rings. The number of anilines is 1. The first-order valence-electron chi connectivity index (χ1n) is 11.1. The fourth-order valence-electron chi connectivity index (χ4n) is 3.78. The minimum Gasteiger partial charge on any atom is -0.493 e. The van der Waals surface area contributed by atoms with E-state index < -0.39 is 0 Å². The minimum absolute atomic E-state index is 0.0392. The van der Waals surface area contributed by atoms with Gasteiger partial charge in [-0.1, -0.05) is 18.2 Å². The predicted molar refractivity (Wildman–Crippen MR) is 127 cm³/mol. The van der Waals surface area contributed by atoms with Gasteiger partial charge in [-0.15, -0.1) is 0 Å². The molecule has 1 aliphatic rings. The molecule has 3 rings (SSSR count). The minimum atomic E-state index is -0.283. The van der Waals surface area contributed by atoms with Gasteiger partial charge in [0.05, 0.1) is 25.5 Å². The third kappa shape index (κ3) is 5.98. The molecule has 0 aromatic heterocycles. The molecule has 1 N–H and O–H groups in total. The topological polar surface area (TPSA) is 97.4 Å². The number of nitrogens with zero attached hydrogens (tertiary/aromatic N) is 2. The Morgan fingerprint density at radius 2 is 1.62 bits per heavy atom. The van der Waals surface area contributed by atoms with Crippen molar-refractivity contribution in [3.63, 3.8) is 0 Å². The summed E-state index contributed by atoms with van der Waals surface area (Å²) in [6.45, 7) is 0.886. The van der Waals surface area contributed by atoms with Gasteiger partial charge in [-0.3, -0.25) is 14.4 Å². The molecule has 1 heterocycles. The third-order valence-corrected chi connectivity index (χ3v) is 5.74. The maximum atomic E-state index is 13.0. The fraction of sp³-hybridized carbons (Fsp3) is 0.400. The monoisotopic (exact) mass is 469 g/mol. The van der Waals surface area contributed by atoms with Gasteiger partial charge in [-0.25, -0.2) is 0 Å². The van der Waals surface area contributed by atoms with Gasteiger partial charge >= 0.3 is 0 Å². The number of rotatable bonds is 8. The Bertz CT molecular complexity index is 1020. The van der Waals surface area contributed by atoms with Crippen molar-refractivity contribution in [2.45, 2.75) is 12.8 Å². The van der Waals surface area contributed by atoms with E-state index >= 15 is 0 Å². The van der Waals surface area contributed by atoms with Gasteiger partial charge in [0.1, 0.15) is 5.75 Å².